The van der Waals surface area contributed by atoms with E-state index in [2.05, 4.69) is 12.2 Å². The van der Waals surface area contributed by atoms with E-state index < -0.39 is 6.10 Å². The predicted molar refractivity (Wildman–Crippen MR) is 111 cm³/mol. The van der Waals surface area contributed by atoms with Crippen molar-refractivity contribution in [3.05, 3.63) is 57.7 Å². The van der Waals surface area contributed by atoms with Crippen molar-refractivity contribution >= 4 is 33.1 Å². The molecular formula is C21H24N2O3S. The number of hydrogen-bond acceptors (Lipinski definition) is 4. The van der Waals surface area contributed by atoms with E-state index in [0.29, 0.717) is 24.4 Å². The number of anilines is 1. The maximum Gasteiger partial charge on any atom is 0.308 e. The summed E-state index contributed by atoms with van der Waals surface area (Å²) < 4.78 is 8.45. The summed E-state index contributed by atoms with van der Waals surface area (Å²) in [5.74, 6) is 0.488. The van der Waals surface area contributed by atoms with Crippen LogP contribution in [-0.2, 0) is 17.8 Å². The van der Waals surface area contributed by atoms with Gasteiger partial charge in [0.05, 0.1) is 10.2 Å². The molecule has 1 amide bonds. The Bertz CT molecular complexity index is 989. The van der Waals surface area contributed by atoms with Crippen molar-refractivity contribution in [1.29, 1.82) is 0 Å². The van der Waals surface area contributed by atoms with Gasteiger partial charge in [-0.3, -0.25) is 14.2 Å². The second-order valence-electron chi connectivity index (χ2n) is 6.30. The van der Waals surface area contributed by atoms with Gasteiger partial charge >= 0.3 is 4.87 Å². The number of amides is 1. The topological polar surface area (TPSA) is 60.3 Å². The third-order valence-electron chi connectivity index (χ3n) is 4.53. The lowest BCUT2D eigenvalue weighted by atomic mass is 10.1. The number of carbonyl (C=O) groups excluding carboxylic acids is 1. The zero-order chi connectivity index (χ0) is 19.4. The molecule has 1 unspecified atom stereocenters. The summed E-state index contributed by atoms with van der Waals surface area (Å²) in [7, 11) is 0. The van der Waals surface area contributed by atoms with Crippen LogP contribution in [-0.4, -0.2) is 16.6 Å². The van der Waals surface area contributed by atoms with E-state index in [4.69, 9.17) is 4.74 Å². The number of nitrogens with zero attached hydrogens (tertiary/aromatic N) is 1. The highest BCUT2D eigenvalue weighted by molar-refractivity contribution is 7.16. The summed E-state index contributed by atoms with van der Waals surface area (Å²) in [4.78, 5) is 24.6. The number of nitrogens with one attached hydrogen (secondary N) is 1. The smallest absolute Gasteiger partial charge is 0.308 e. The zero-order valence-corrected chi connectivity index (χ0v) is 16.6. The van der Waals surface area contributed by atoms with Crippen molar-refractivity contribution in [2.45, 2.75) is 46.3 Å². The SMILES string of the molecule is CCc1ccc(OC(CC)C(=O)Nc2ccc3c(c2)sc(=O)n3CC)cc1. The zero-order valence-electron chi connectivity index (χ0n) is 15.8. The van der Waals surface area contributed by atoms with Crippen molar-refractivity contribution in [2.75, 3.05) is 5.32 Å². The predicted octanol–water partition coefficient (Wildman–Crippen LogP) is 4.44. The lowest BCUT2D eigenvalue weighted by molar-refractivity contribution is -0.122. The average molecular weight is 385 g/mol. The Morgan fingerprint density at radius 2 is 1.89 bits per heavy atom. The third kappa shape index (κ3) is 4.22. The molecule has 0 saturated carbocycles. The van der Waals surface area contributed by atoms with Gasteiger partial charge in [-0.25, -0.2) is 0 Å². The lowest BCUT2D eigenvalue weighted by Crippen LogP contribution is -2.32. The summed E-state index contributed by atoms with van der Waals surface area (Å²) >= 11 is 1.19. The van der Waals surface area contributed by atoms with E-state index in [1.54, 1.807) is 4.57 Å². The lowest BCUT2D eigenvalue weighted by Gasteiger charge is -2.17. The molecule has 5 nitrogen and oxygen atoms in total. The molecule has 1 heterocycles. The van der Waals surface area contributed by atoms with Crippen LogP contribution in [0.2, 0.25) is 0 Å². The number of aryl methyl sites for hydroxylation is 2. The molecule has 3 rings (SSSR count). The number of thiazole rings is 1. The number of carbonyl (C=O) groups is 1. The Kier molecular flexibility index (Phi) is 5.96. The van der Waals surface area contributed by atoms with Gasteiger partial charge in [0.25, 0.3) is 5.91 Å². The monoisotopic (exact) mass is 384 g/mol. The van der Waals surface area contributed by atoms with Crippen molar-refractivity contribution in [2.24, 2.45) is 0 Å². The van der Waals surface area contributed by atoms with Crippen LogP contribution in [0.1, 0.15) is 32.8 Å². The van der Waals surface area contributed by atoms with Gasteiger partial charge in [0.15, 0.2) is 6.10 Å². The number of rotatable bonds is 7. The molecule has 0 fully saturated rings. The minimum atomic E-state index is -0.577. The second kappa shape index (κ2) is 8.39. The fraction of sp³-hybridized carbons (Fsp3) is 0.333. The molecule has 0 aliphatic heterocycles. The number of ether oxygens (including phenoxy) is 1. The summed E-state index contributed by atoms with van der Waals surface area (Å²) in [6.07, 6.45) is 0.947. The van der Waals surface area contributed by atoms with Crippen LogP contribution in [0.5, 0.6) is 5.75 Å². The van der Waals surface area contributed by atoms with Gasteiger partial charge in [-0.15, -0.1) is 0 Å². The average Bonchev–Trinajstić information content (AvgIpc) is 3.00. The van der Waals surface area contributed by atoms with E-state index in [9.17, 15) is 9.59 Å². The molecule has 1 aromatic heterocycles. The standard InChI is InChI=1S/C21H24N2O3S/c1-4-14-7-10-16(11-8-14)26-18(5-2)20(24)22-15-9-12-17-19(13-15)27-21(25)23(17)6-3/h7-13,18H,4-6H2,1-3H3,(H,22,24). The highest BCUT2D eigenvalue weighted by Gasteiger charge is 2.19. The van der Waals surface area contributed by atoms with Crippen LogP contribution in [0.3, 0.4) is 0 Å². The molecule has 1 atom stereocenters. The first-order valence-corrected chi connectivity index (χ1v) is 10.1. The normalized spacial score (nSPS) is 12.1. The Morgan fingerprint density at radius 1 is 1.15 bits per heavy atom. The Morgan fingerprint density at radius 3 is 2.52 bits per heavy atom. The third-order valence-corrected chi connectivity index (χ3v) is 5.47. The summed E-state index contributed by atoms with van der Waals surface area (Å²) in [6, 6.07) is 13.3. The molecule has 6 heteroatoms. The van der Waals surface area contributed by atoms with Gasteiger partial charge in [-0.2, -0.15) is 0 Å². The van der Waals surface area contributed by atoms with E-state index in [0.717, 1.165) is 16.6 Å². The number of hydrogen-bond donors (Lipinski definition) is 1. The van der Waals surface area contributed by atoms with Gasteiger partial charge in [-0.1, -0.05) is 37.3 Å². The highest BCUT2D eigenvalue weighted by Crippen LogP contribution is 2.23. The van der Waals surface area contributed by atoms with Crippen LogP contribution in [0.4, 0.5) is 5.69 Å². The first kappa shape index (κ1) is 19.2. The molecule has 0 aliphatic rings. The second-order valence-corrected chi connectivity index (χ2v) is 7.29. The molecule has 0 spiro atoms. The molecular weight excluding hydrogens is 360 g/mol. The molecule has 2 aromatic carbocycles. The van der Waals surface area contributed by atoms with Crippen LogP contribution >= 0.6 is 11.3 Å². The summed E-state index contributed by atoms with van der Waals surface area (Å²) in [5, 5.41) is 2.91. The van der Waals surface area contributed by atoms with Crippen LogP contribution < -0.4 is 14.9 Å². The van der Waals surface area contributed by atoms with Crippen molar-refractivity contribution in [3.8, 4) is 5.75 Å². The summed E-state index contributed by atoms with van der Waals surface area (Å²) in [5.41, 5.74) is 2.79. The van der Waals surface area contributed by atoms with Crippen LogP contribution in [0, 0.1) is 0 Å². The fourth-order valence-corrected chi connectivity index (χ4v) is 3.95. The molecule has 3 aromatic rings. The van der Waals surface area contributed by atoms with Crippen molar-refractivity contribution < 1.29 is 9.53 Å². The largest absolute Gasteiger partial charge is 0.481 e. The van der Waals surface area contributed by atoms with Crippen LogP contribution in [0.15, 0.2) is 47.3 Å². The first-order valence-electron chi connectivity index (χ1n) is 9.25. The van der Waals surface area contributed by atoms with Gasteiger partial charge < -0.3 is 10.1 Å². The molecule has 0 aliphatic carbocycles. The van der Waals surface area contributed by atoms with Gasteiger partial charge in [0, 0.05) is 12.2 Å². The molecule has 1 N–H and O–H groups in total. The highest BCUT2D eigenvalue weighted by atomic mass is 32.1. The maximum absolute atomic E-state index is 12.6. The first-order chi connectivity index (χ1) is 13.0. The number of fused-ring (bicyclic) bond motifs is 1. The molecule has 0 radical (unpaired) electrons. The quantitative estimate of drug-likeness (QED) is 0.655. The maximum atomic E-state index is 12.6. The van der Waals surface area contributed by atoms with Gasteiger partial charge in [0.2, 0.25) is 0 Å². The molecule has 142 valence electrons. The van der Waals surface area contributed by atoms with Gasteiger partial charge in [-0.05, 0) is 55.7 Å². The fourth-order valence-electron chi connectivity index (χ4n) is 2.96. The van der Waals surface area contributed by atoms with E-state index in [1.165, 1.54) is 16.9 Å². The van der Waals surface area contributed by atoms with Crippen LogP contribution in [0.25, 0.3) is 10.2 Å². The van der Waals surface area contributed by atoms with Crippen molar-refractivity contribution in [1.82, 2.24) is 4.57 Å². The Labute approximate surface area is 162 Å². The van der Waals surface area contributed by atoms with Gasteiger partial charge in [0.1, 0.15) is 5.75 Å². The van der Waals surface area contributed by atoms with E-state index in [-0.39, 0.29) is 10.8 Å². The number of benzene rings is 2. The molecule has 0 bridgehead atoms. The molecule has 0 saturated heterocycles. The van der Waals surface area contributed by atoms with E-state index in [1.807, 2.05) is 56.3 Å². The van der Waals surface area contributed by atoms with E-state index >= 15 is 0 Å². The minimum Gasteiger partial charge on any atom is -0.481 e. The Hall–Kier alpha value is -2.60. The Balaban J connectivity index is 1.73. The van der Waals surface area contributed by atoms with Crippen molar-refractivity contribution in [3.63, 3.8) is 0 Å². The number of aromatic nitrogens is 1. The molecule has 27 heavy (non-hydrogen) atoms. The summed E-state index contributed by atoms with van der Waals surface area (Å²) in [6.45, 7) is 6.59. The minimum absolute atomic E-state index is 0.0151.